The molecule has 2 aromatic carbocycles. The van der Waals surface area contributed by atoms with E-state index in [2.05, 4.69) is 57.3 Å². The fourth-order valence-electron chi connectivity index (χ4n) is 2.15. The van der Waals surface area contributed by atoms with E-state index in [1.54, 1.807) is 0 Å². The highest BCUT2D eigenvalue weighted by molar-refractivity contribution is 6.30. The maximum Gasteiger partial charge on any atom is 0.0410 e. The Hall–Kier alpha value is -1.47. The monoisotopic (exact) mass is 287 g/mol. The molecule has 1 N–H and O–H groups in total. The molecule has 0 unspecified atom stereocenters. The number of anilines is 1. The first-order chi connectivity index (χ1) is 9.36. The maximum absolute atomic E-state index is 5.97. The zero-order valence-corrected chi connectivity index (χ0v) is 13.4. The van der Waals surface area contributed by atoms with E-state index in [0.717, 1.165) is 17.3 Å². The number of aryl methyl sites for hydroxylation is 1. The van der Waals surface area contributed by atoms with E-state index in [4.69, 9.17) is 11.6 Å². The zero-order chi connectivity index (χ0) is 14.8. The van der Waals surface area contributed by atoms with Crippen LogP contribution in [0.25, 0.3) is 0 Å². The van der Waals surface area contributed by atoms with Gasteiger partial charge in [0, 0.05) is 17.3 Å². The Kier molecular flexibility index (Phi) is 4.39. The standard InChI is InChI=1S/C18H22ClN/c1-13-11-16(19)9-10-17(13)20-12-14-5-7-15(8-6-14)18(2,3)4/h5-11,20H,12H2,1-4H3. The summed E-state index contributed by atoms with van der Waals surface area (Å²) in [5, 5.41) is 4.24. The number of hydrogen-bond acceptors (Lipinski definition) is 1. The summed E-state index contributed by atoms with van der Waals surface area (Å²) >= 11 is 5.97. The second-order valence-corrected chi connectivity index (χ2v) is 6.70. The summed E-state index contributed by atoms with van der Waals surface area (Å²) in [5.74, 6) is 0. The van der Waals surface area contributed by atoms with Crippen LogP contribution < -0.4 is 5.32 Å². The molecule has 0 heterocycles. The maximum atomic E-state index is 5.97. The Morgan fingerprint density at radius 3 is 2.20 bits per heavy atom. The van der Waals surface area contributed by atoms with E-state index in [1.807, 2.05) is 18.2 Å². The van der Waals surface area contributed by atoms with Gasteiger partial charge in [0.25, 0.3) is 0 Å². The molecule has 2 rings (SSSR count). The smallest absolute Gasteiger partial charge is 0.0410 e. The van der Waals surface area contributed by atoms with Gasteiger partial charge in [-0.3, -0.25) is 0 Å². The molecule has 2 aromatic rings. The van der Waals surface area contributed by atoms with Crippen LogP contribution in [0, 0.1) is 6.92 Å². The van der Waals surface area contributed by atoms with Crippen LogP contribution in [-0.4, -0.2) is 0 Å². The molecule has 0 aromatic heterocycles. The molecular weight excluding hydrogens is 266 g/mol. The van der Waals surface area contributed by atoms with Gasteiger partial charge >= 0.3 is 0 Å². The molecule has 0 bridgehead atoms. The van der Waals surface area contributed by atoms with Gasteiger partial charge in [-0.25, -0.2) is 0 Å². The molecule has 1 nitrogen and oxygen atoms in total. The lowest BCUT2D eigenvalue weighted by atomic mass is 9.87. The van der Waals surface area contributed by atoms with E-state index in [9.17, 15) is 0 Å². The molecule has 2 heteroatoms. The average molecular weight is 288 g/mol. The van der Waals surface area contributed by atoms with Crippen molar-refractivity contribution >= 4 is 17.3 Å². The fourth-order valence-corrected chi connectivity index (χ4v) is 2.37. The zero-order valence-electron chi connectivity index (χ0n) is 12.6. The molecular formula is C18H22ClN. The van der Waals surface area contributed by atoms with Crippen molar-refractivity contribution in [2.75, 3.05) is 5.32 Å². The lowest BCUT2D eigenvalue weighted by Gasteiger charge is -2.19. The first-order valence-electron chi connectivity index (χ1n) is 6.96. The van der Waals surface area contributed by atoms with E-state index in [0.29, 0.717) is 0 Å². The highest BCUT2D eigenvalue weighted by atomic mass is 35.5. The minimum Gasteiger partial charge on any atom is -0.381 e. The van der Waals surface area contributed by atoms with Crippen molar-refractivity contribution in [3.63, 3.8) is 0 Å². The number of nitrogens with one attached hydrogen (secondary N) is 1. The van der Waals surface area contributed by atoms with Gasteiger partial charge < -0.3 is 5.32 Å². The van der Waals surface area contributed by atoms with E-state index in [1.165, 1.54) is 16.7 Å². The van der Waals surface area contributed by atoms with E-state index in [-0.39, 0.29) is 5.41 Å². The molecule has 0 aliphatic rings. The van der Waals surface area contributed by atoms with Gasteiger partial charge in [-0.05, 0) is 47.2 Å². The lowest BCUT2D eigenvalue weighted by Crippen LogP contribution is -2.11. The first kappa shape index (κ1) is 14.9. The van der Waals surface area contributed by atoms with Crippen LogP contribution in [0.3, 0.4) is 0 Å². The van der Waals surface area contributed by atoms with Crippen molar-refractivity contribution in [3.05, 3.63) is 64.2 Å². The number of hydrogen-bond donors (Lipinski definition) is 1. The van der Waals surface area contributed by atoms with Crippen LogP contribution in [0.15, 0.2) is 42.5 Å². The summed E-state index contributed by atoms with van der Waals surface area (Å²) in [6, 6.07) is 14.7. The fraction of sp³-hybridized carbons (Fsp3) is 0.333. The third kappa shape index (κ3) is 3.77. The van der Waals surface area contributed by atoms with Gasteiger partial charge in [0.05, 0.1) is 0 Å². The van der Waals surface area contributed by atoms with Crippen molar-refractivity contribution in [1.29, 1.82) is 0 Å². The second-order valence-electron chi connectivity index (χ2n) is 6.26. The Morgan fingerprint density at radius 1 is 1.00 bits per heavy atom. The van der Waals surface area contributed by atoms with E-state index >= 15 is 0 Å². The Bertz CT molecular complexity index is 579. The molecule has 0 aliphatic heterocycles. The molecule has 20 heavy (non-hydrogen) atoms. The van der Waals surface area contributed by atoms with Crippen molar-refractivity contribution < 1.29 is 0 Å². The third-order valence-electron chi connectivity index (χ3n) is 3.49. The minimum atomic E-state index is 0.207. The molecule has 0 radical (unpaired) electrons. The van der Waals surface area contributed by atoms with Crippen molar-refractivity contribution in [2.24, 2.45) is 0 Å². The normalized spacial score (nSPS) is 11.4. The van der Waals surface area contributed by atoms with Crippen LogP contribution in [0.5, 0.6) is 0 Å². The van der Waals surface area contributed by atoms with Gasteiger partial charge in [-0.2, -0.15) is 0 Å². The van der Waals surface area contributed by atoms with Crippen molar-refractivity contribution in [2.45, 2.75) is 39.7 Å². The Morgan fingerprint density at radius 2 is 1.65 bits per heavy atom. The van der Waals surface area contributed by atoms with Gasteiger partial charge in [0.2, 0.25) is 0 Å². The van der Waals surface area contributed by atoms with Crippen LogP contribution in [-0.2, 0) is 12.0 Å². The number of benzene rings is 2. The summed E-state index contributed by atoms with van der Waals surface area (Å²) in [5.41, 5.74) is 5.16. The van der Waals surface area contributed by atoms with Crippen molar-refractivity contribution in [3.8, 4) is 0 Å². The predicted molar refractivity (Wildman–Crippen MR) is 88.7 cm³/mol. The summed E-state index contributed by atoms with van der Waals surface area (Å²) in [4.78, 5) is 0. The first-order valence-corrected chi connectivity index (χ1v) is 7.33. The second kappa shape index (κ2) is 5.88. The van der Waals surface area contributed by atoms with Gasteiger partial charge in [-0.1, -0.05) is 56.6 Å². The summed E-state index contributed by atoms with van der Waals surface area (Å²) in [6.07, 6.45) is 0. The van der Waals surface area contributed by atoms with Crippen molar-refractivity contribution in [1.82, 2.24) is 0 Å². The number of rotatable bonds is 3. The average Bonchev–Trinajstić information content (AvgIpc) is 2.37. The molecule has 0 saturated heterocycles. The van der Waals surface area contributed by atoms with Gasteiger partial charge in [-0.15, -0.1) is 0 Å². The van der Waals surface area contributed by atoms with E-state index < -0.39 is 0 Å². The molecule has 0 spiro atoms. The molecule has 0 saturated carbocycles. The Balaban J connectivity index is 2.04. The number of halogens is 1. The summed E-state index contributed by atoms with van der Waals surface area (Å²) in [6.45, 7) is 9.59. The van der Waals surface area contributed by atoms with Crippen LogP contribution in [0.2, 0.25) is 5.02 Å². The summed E-state index contributed by atoms with van der Waals surface area (Å²) in [7, 11) is 0. The Labute approximate surface area is 127 Å². The minimum absolute atomic E-state index is 0.207. The topological polar surface area (TPSA) is 12.0 Å². The summed E-state index contributed by atoms with van der Waals surface area (Å²) < 4.78 is 0. The van der Waals surface area contributed by atoms with Gasteiger partial charge in [0.1, 0.15) is 0 Å². The largest absolute Gasteiger partial charge is 0.381 e. The highest BCUT2D eigenvalue weighted by Gasteiger charge is 2.12. The van der Waals surface area contributed by atoms with Gasteiger partial charge in [0.15, 0.2) is 0 Å². The lowest BCUT2D eigenvalue weighted by molar-refractivity contribution is 0.590. The van der Waals surface area contributed by atoms with Crippen LogP contribution in [0.4, 0.5) is 5.69 Å². The van der Waals surface area contributed by atoms with Crippen LogP contribution >= 0.6 is 11.6 Å². The van der Waals surface area contributed by atoms with Crippen LogP contribution in [0.1, 0.15) is 37.5 Å². The highest BCUT2D eigenvalue weighted by Crippen LogP contribution is 2.23. The molecule has 0 fully saturated rings. The SMILES string of the molecule is Cc1cc(Cl)ccc1NCc1ccc(C(C)(C)C)cc1. The molecule has 0 amide bonds. The quantitative estimate of drug-likeness (QED) is 0.779. The molecule has 106 valence electrons. The predicted octanol–water partition coefficient (Wildman–Crippen LogP) is 5.56. The third-order valence-corrected chi connectivity index (χ3v) is 3.73. The molecule has 0 aliphatic carbocycles. The molecule has 0 atom stereocenters.